The first-order valence-electron chi connectivity index (χ1n) is 6.62. The Kier molecular flexibility index (Phi) is 4.61. The molecule has 0 radical (unpaired) electrons. The second-order valence-corrected chi connectivity index (χ2v) is 5.05. The van der Waals surface area contributed by atoms with Crippen LogP contribution in [0.1, 0.15) is 30.4 Å². The SMILES string of the molecule is COc1ccc(CNC2CCC(OC)C2)cc1C. The van der Waals surface area contributed by atoms with E-state index in [4.69, 9.17) is 9.47 Å². The maximum atomic E-state index is 5.39. The van der Waals surface area contributed by atoms with Crippen molar-refractivity contribution in [2.24, 2.45) is 0 Å². The van der Waals surface area contributed by atoms with Crippen LogP contribution in [-0.2, 0) is 11.3 Å². The number of methoxy groups -OCH3 is 2. The molecule has 3 nitrogen and oxygen atoms in total. The second kappa shape index (κ2) is 6.21. The Morgan fingerprint density at radius 2 is 2.11 bits per heavy atom. The average Bonchev–Trinajstić information content (AvgIpc) is 2.84. The fourth-order valence-corrected chi connectivity index (χ4v) is 2.65. The van der Waals surface area contributed by atoms with Crippen LogP contribution in [0, 0.1) is 6.92 Å². The van der Waals surface area contributed by atoms with Gasteiger partial charge in [-0.25, -0.2) is 0 Å². The van der Waals surface area contributed by atoms with Gasteiger partial charge in [0.05, 0.1) is 13.2 Å². The van der Waals surface area contributed by atoms with Crippen LogP contribution >= 0.6 is 0 Å². The Bertz CT molecular complexity index is 392. The topological polar surface area (TPSA) is 30.5 Å². The highest BCUT2D eigenvalue weighted by Crippen LogP contribution is 2.22. The molecule has 0 amide bonds. The molecule has 1 aliphatic rings. The first-order valence-corrected chi connectivity index (χ1v) is 6.62. The molecule has 0 spiro atoms. The van der Waals surface area contributed by atoms with Crippen molar-refractivity contribution in [1.82, 2.24) is 5.32 Å². The van der Waals surface area contributed by atoms with Crippen LogP contribution in [0.2, 0.25) is 0 Å². The van der Waals surface area contributed by atoms with Gasteiger partial charge in [-0.1, -0.05) is 12.1 Å². The van der Waals surface area contributed by atoms with Gasteiger partial charge in [0.2, 0.25) is 0 Å². The lowest BCUT2D eigenvalue weighted by Gasteiger charge is -2.14. The summed E-state index contributed by atoms with van der Waals surface area (Å²) in [5.41, 5.74) is 2.51. The third-order valence-corrected chi connectivity index (χ3v) is 3.77. The molecule has 2 rings (SSSR count). The van der Waals surface area contributed by atoms with Crippen molar-refractivity contribution in [2.45, 2.75) is 44.9 Å². The third-order valence-electron chi connectivity index (χ3n) is 3.77. The predicted molar refractivity (Wildman–Crippen MR) is 73.0 cm³/mol. The van der Waals surface area contributed by atoms with E-state index in [1.54, 1.807) is 14.2 Å². The molecule has 3 heteroatoms. The first-order chi connectivity index (χ1) is 8.72. The standard InChI is InChI=1S/C15H23NO2/c1-11-8-12(4-7-15(11)18-3)10-16-13-5-6-14(9-13)17-2/h4,7-8,13-14,16H,5-6,9-10H2,1-3H3. The van der Waals surface area contributed by atoms with E-state index in [0.29, 0.717) is 12.1 Å². The number of ether oxygens (including phenoxy) is 2. The Morgan fingerprint density at radius 3 is 2.72 bits per heavy atom. The van der Waals surface area contributed by atoms with E-state index in [2.05, 4.69) is 24.4 Å². The summed E-state index contributed by atoms with van der Waals surface area (Å²) in [6.45, 7) is 3.00. The smallest absolute Gasteiger partial charge is 0.121 e. The van der Waals surface area contributed by atoms with Crippen LogP contribution in [-0.4, -0.2) is 26.4 Å². The molecule has 2 atom stereocenters. The van der Waals surface area contributed by atoms with Gasteiger partial charge >= 0.3 is 0 Å². The zero-order chi connectivity index (χ0) is 13.0. The highest BCUT2D eigenvalue weighted by molar-refractivity contribution is 5.36. The molecule has 1 N–H and O–H groups in total. The Labute approximate surface area is 109 Å². The van der Waals surface area contributed by atoms with Crippen molar-refractivity contribution in [2.75, 3.05) is 14.2 Å². The summed E-state index contributed by atoms with van der Waals surface area (Å²) in [5, 5.41) is 3.61. The van der Waals surface area contributed by atoms with Crippen LogP contribution in [0.15, 0.2) is 18.2 Å². The lowest BCUT2D eigenvalue weighted by molar-refractivity contribution is 0.107. The molecule has 0 saturated heterocycles. The molecule has 0 heterocycles. The molecule has 0 aromatic heterocycles. The molecule has 1 aliphatic carbocycles. The molecular weight excluding hydrogens is 226 g/mol. The molecule has 100 valence electrons. The molecule has 1 aromatic carbocycles. The molecule has 18 heavy (non-hydrogen) atoms. The van der Waals surface area contributed by atoms with E-state index in [1.807, 2.05) is 6.07 Å². The van der Waals surface area contributed by atoms with Crippen LogP contribution < -0.4 is 10.1 Å². The number of nitrogens with one attached hydrogen (secondary N) is 1. The van der Waals surface area contributed by atoms with Gasteiger partial charge in [-0.2, -0.15) is 0 Å². The summed E-state index contributed by atoms with van der Waals surface area (Å²) in [6.07, 6.45) is 3.97. The minimum Gasteiger partial charge on any atom is -0.496 e. The molecule has 0 bridgehead atoms. The molecule has 1 aromatic rings. The lowest BCUT2D eigenvalue weighted by atomic mass is 10.1. The average molecular weight is 249 g/mol. The van der Waals surface area contributed by atoms with Crippen molar-refractivity contribution in [3.63, 3.8) is 0 Å². The van der Waals surface area contributed by atoms with E-state index >= 15 is 0 Å². The Hall–Kier alpha value is -1.06. The fourth-order valence-electron chi connectivity index (χ4n) is 2.65. The van der Waals surface area contributed by atoms with Crippen molar-refractivity contribution in [3.05, 3.63) is 29.3 Å². The molecule has 2 unspecified atom stereocenters. The van der Waals surface area contributed by atoms with Gasteiger partial charge in [-0.3, -0.25) is 0 Å². The Morgan fingerprint density at radius 1 is 1.28 bits per heavy atom. The largest absolute Gasteiger partial charge is 0.496 e. The maximum absolute atomic E-state index is 5.39. The number of aryl methyl sites for hydroxylation is 1. The zero-order valence-electron chi connectivity index (χ0n) is 11.5. The summed E-state index contributed by atoms with van der Waals surface area (Å²) >= 11 is 0. The van der Waals surface area contributed by atoms with Crippen molar-refractivity contribution in [1.29, 1.82) is 0 Å². The first kappa shape index (κ1) is 13.4. The quantitative estimate of drug-likeness (QED) is 0.870. The van der Waals surface area contributed by atoms with Crippen molar-refractivity contribution in [3.8, 4) is 5.75 Å². The monoisotopic (exact) mass is 249 g/mol. The molecule has 1 fully saturated rings. The third kappa shape index (κ3) is 3.24. The molecule has 1 saturated carbocycles. The molecular formula is C15H23NO2. The fraction of sp³-hybridized carbons (Fsp3) is 0.600. The van der Waals surface area contributed by atoms with E-state index in [1.165, 1.54) is 24.0 Å². The van der Waals surface area contributed by atoms with E-state index in [9.17, 15) is 0 Å². The second-order valence-electron chi connectivity index (χ2n) is 5.05. The summed E-state index contributed by atoms with van der Waals surface area (Å²) in [5.74, 6) is 0.957. The van der Waals surface area contributed by atoms with Gasteiger partial charge < -0.3 is 14.8 Å². The highest BCUT2D eigenvalue weighted by atomic mass is 16.5. The Balaban J connectivity index is 1.85. The van der Waals surface area contributed by atoms with Crippen LogP contribution in [0.5, 0.6) is 5.75 Å². The van der Waals surface area contributed by atoms with Gasteiger partial charge in [0.1, 0.15) is 5.75 Å². The van der Waals surface area contributed by atoms with Crippen molar-refractivity contribution < 1.29 is 9.47 Å². The number of benzene rings is 1. The summed E-state index contributed by atoms with van der Waals surface area (Å²) in [7, 11) is 3.52. The molecule has 0 aliphatic heterocycles. The van der Waals surface area contributed by atoms with E-state index in [-0.39, 0.29) is 0 Å². The number of rotatable bonds is 5. The highest BCUT2D eigenvalue weighted by Gasteiger charge is 2.23. The van der Waals surface area contributed by atoms with E-state index in [0.717, 1.165) is 18.7 Å². The summed E-state index contributed by atoms with van der Waals surface area (Å²) in [6, 6.07) is 6.95. The van der Waals surface area contributed by atoms with Crippen LogP contribution in [0.3, 0.4) is 0 Å². The summed E-state index contributed by atoms with van der Waals surface area (Å²) < 4.78 is 10.7. The predicted octanol–water partition coefficient (Wildman–Crippen LogP) is 2.66. The van der Waals surface area contributed by atoms with Gasteiger partial charge in [0, 0.05) is 19.7 Å². The van der Waals surface area contributed by atoms with Crippen LogP contribution in [0.4, 0.5) is 0 Å². The minimum atomic E-state index is 0.445. The minimum absolute atomic E-state index is 0.445. The maximum Gasteiger partial charge on any atom is 0.121 e. The van der Waals surface area contributed by atoms with Gasteiger partial charge in [0.15, 0.2) is 0 Å². The normalized spacial score (nSPS) is 23.3. The number of hydrogen-bond donors (Lipinski definition) is 1. The van der Waals surface area contributed by atoms with Gasteiger partial charge in [0.25, 0.3) is 0 Å². The van der Waals surface area contributed by atoms with E-state index < -0.39 is 0 Å². The van der Waals surface area contributed by atoms with Crippen molar-refractivity contribution >= 4 is 0 Å². The van der Waals surface area contributed by atoms with Crippen LogP contribution in [0.25, 0.3) is 0 Å². The zero-order valence-corrected chi connectivity index (χ0v) is 11.5. The number of hydrogen-bond acceptors (Lipinski definition) is 3. The van der Waals surface area contributed by atoms with Gasteiger partial charge in [-0.15, -0.1) is 0 Å². The summed E-state index contributed by atoms with van der Waals surface area (Å²) in [4.78, 5) is 0. The lowest BCUT2D eigenvalue weighted by Crippen LogP contribution is -2.26. The van der Waals surface area contributed by atoms with Gasteiger partial charge in [-0.05, 0) is 43.4 Å².